The first-order valence-electron chi connectivity index (χ1n) is 8.86. The van der Waals surface area contributed by atoms with Gasteiger partial charge in [-0.25, -0.2) is 0 Å². The molecule has 0 bridgehead atoms. The van der Waals surface area contributed by atoms with Gasteiger partial charge >= 0.3 is 0 Å². The van der Waals surface area contributed by atoms with Gasteiger partial charge in [0.1, 0.15) is 11.6 Å². The van der Waals surface area contributed by atoms with Crippen molar-refractivity contribution in [3.05, 3.63) is 0 Å². The van der Waals surface area contributed by atoms with Gasteiger partial charge in [-0.15, -0.1) is 0 Å². The van der Waals surface area contributed by atoms with Crippen molar-refractivity contribution in [3.8, 4) is 0 Å². The summed E-state index contributed by atoms with van der Waals surface area (Å²) in [5, 5.41) is 3.15. The number of rotatable bonds is 2. The molecule has 4 aliphatic rings. The molecule has 4 heteroatoms. The van der Waals surface area contributed by atoms with Crippen molar-refractivity contribution in [2.24, 2.45) is 5.92 Å². The SMILES string of the molecule is O=C1NC2(CCCC2)C(=O)N(C2CCCCC2)C1C1CC1. The van der Waals surface area contributed by atoms with Gasteiger partial charge in [-0.05, 0) is 44.4 Å². The Bertz CT molecular complexity index is 446. The van der Waals surface area contributed by atoms with Crippen LogP contribution in [0, 0.1) is 5.92 Å². The minimum atomic E-state index is -0.542. The van der Waals surface area contributed by atoms with E-state index in [1.807, 2.05) is 0 Å². The molecule has 1 N–H and O–H groups in total. The van der Waals surface area contributed by atoms with Crippen molar-refractivity contribution in [1.82, 2.24) is 10.2 Å². The summed E-state index contributed by atoms with van der Waals surface area (Å²) < 4.78 is 0. The van der Waals surface area contributed by atoms with E-state index in [2.05, 4.69) is 10.2 Å². The lowest BCUT2D eigenvalue weighted by Gasteiger charge is -2.49. The molecule has 1 heterocycles. The Hall–Kier alpha value is -1.06. The summed E-state index contributed by atoms with van der Waals surface area (Å²) in [5.74, 6) is 0.822. The number of piperazine rings is 1. The van der Waals surface area contributed by atoms with Crippen molar-refractivity contribution in [2.75, 3.05) is 0 Å². The Morgan fingerprint density at radius 3 is 2.19 bits per heavy atom. The molecule has 3 aliphatic carbocycles. The first kappa shape index (κ1) is 13.6. The maximum atomic E-state index is 13.2. The summed E-state index contributed by atoms with van der Waals surface area (Å²) in [6, 6.07) is 0.159. The molecule has 1 spiro atoms. The molecule has 3 saturated carbocycles. The van der Waals surface area contributed by atoms with Gasteiger partial charge in [-0.2, -0.15) is 0 Å². The van der Waals surface area contributed by atoms with Crippen LogP contribution in [0.5, 0.6) is 0 Å². The third-order valence-electron chi connectivity index (χ3n) is 6.07. The van der Waals surface area contributed by atoms with Crippen LogP contribution in [0.4, 0.5) is 0 Å². The predicted octanol–water partition coefficient (Wildman–Crippen LogP) is 2.37. The van der Waals surface area contributed by atoms with Crippen LogP contribution in [0.2, 0.25) is 0 Å². The monoisotopic (exact) mass is 290 g/mol. The first-order valence-corrected chi connectivity index (χ1v) is 8.86. The summed E-state index contributed by atoms with van der Waals surface area (Å²) >= 11 is 0. The Morgan fingerprint density at radius 1 is 0.905 bits per heavy atom. The zero-order valence-electron chi connectivity index (χ0n) is 12.8. The van der Waals surface area contributed by atoms with E-state index < -0.39 is 5.54 Å². The van der Waals surface area contributed by atoms with E-state index in [0.717, 1.165) is 51.4 Å². The lowest BCUT2D eigenvalue weighted by atomic mass is 9.85. The van der Waals surface area contributed by atoms with Crippen LogP contribution >= 0.6 is 0 Å². The Kier molecular flexibility index (Phi) is 3.23. The van der Waals surface area contributed by atoms with Crippen LogP contribution in [0.1, 0.15) is 70.6 Å². The zero-order chi connectivity index (χ0) is 14.4. The first-order chi connectivity index (χ1) is 10.2. The second-order valence-electron chi connectivity index (χ2n) is 7.56. The number of nitrogens with one attached hydrogen (secondary N) is 1. The minimum absolute atomic E-state index is 0.143. The predicted molar refractivity (Wildman–Crippen MR) is 79.6 cm³/mol. The van der Waals surface area contributed by atoms with Crippen molar-refractivity contribution in [3.63, 3.8) is 0 Å². The van der Waals surface area contributed by atoms with Crippen LogP contribution in [0.3, 0.4) is 0 Å². The van der Waals surface area contributed by atoms with Gasteiger partial charge in [0.05, 0.1) is 0 Å². The zero-order valence-corrected chi connectivity index (χ0v) is 12.8. The van der Waals surface area contributed by atoms with Gasteiger partial charge in [0.25, 0.3) is 0 Å². The molecule has 1 unspecified atom stereocenters. The van der Waals surface area contributed by atoms with Crippen molar-refractivity contribution >= 4 is 11.8 Å². The average molecular weight is 290 g/mol. The summed E-state index contributed by atoms with van der Waals surface area (Å²) in [4.78, 5) is 28.0. The maximum absolute atomic E-state index is 13.2. The molecule has 2 amide bonds. The maximum Gasteiger partial charge on any atom is 0.249 e. The summed E-state index contributed by atoms with van der Waals surface area (Å²) in [6.07, 6.45) is 11.9. The Labute approximate surface area is 126 Å². The summed E-state index contributed by atoms with van der Waals surface area (Å²) in [6.45, 7) is 0. The minimum Gasteiger partial charge on any atom is -0.340 e. The van der Waals surface area contributed by atoms with Gasteiger partial charge in [0, 0.05) is 6.04 Å². The van der Waals surface area contributed by atoms with Crippen LogP contribution in [-0.2, 0) is 9.59 Å². The van der Waals surface area contributed by atoms with Crippen molar-refractivity contribution < 1.29 is 9.59 Å². The highest BCUT2D eigenvalue weighted by molar-refractivity contribution is 6.00. The molecule has 0 aromatic carbocycles. The quantitative estimate of drug-likeness (QED) is 0.849. The Balaban J connectivity index is 1.66. The molecule has 1 saturated heterocycles. The third kappa shape index (κ3) is 2.18. The highest BCUT2D eigenvalue weighted by atomic mass is 16.2. The van der Waals surface area contributed by atoms with E-state index in [-0.39, 0.29) is 17.9 Å². The fourth-order valence-electron chi connectivity index (χ4n) is 4.79. The number of amides is 2. The third-order valence-corrected chi connectivity index (χ3v) is 6.07. The van der Waals surface area contributed by atoms with Gasteiger partial charge in [0.15, 0.2) is 0 Å². The van der Waals surface area contributed by atoms with Crippen LogP contribution < -0.4 is 5.32 Å². The van der Waals surface area contributed by atoms with Gasteiger partial charge in [-0.1, -0.05) is 32.1 Å². The van der Waals surface area contributed by atoms with Crippen molar-refractivity contribution in [1.29, 1.82) is 0 Å². The molecule has 0 aromatic rings. The van der Waals surface area contributed by atoms with Gasteiger partial charge in [-0.3, -0.25) is 9.59 Å². The second kappa shape index (κ2) is 4.99. The topological polar surface area (TPSA) is 49.4 Å². The largest absolute Gasteiger partial charge is 0.340 e. The lowest BCUT2D eigenvalue weighted by Crippen LogP contribution is -2.71. The van der Waals surface area contributed by atoms with Gasteiger partial charge in [0.2, 0.25) is 11.8 Å². The molecular weight excluding hydrogens is 264 g/mol. The average Bonchev–Trinajstić information content (AvgIpc) is 3.23. The highest BCUT2D eigenvalue weighted by Crippen LogP contribution is 2.43. The lowest BCUT2D eigenvalue weighted by molar-refractivity contribution is -0.159. The molecule has 116 valence electrons. The number of hydrogen-bond acceptors (Lipinski definition) is 2. The molecule has 0 aromatic heterocycles. The smallest absolute Gasteiger partial charge is 0.249 e. The van der Waals surface area contributed by atoms with E-state index >= 15 is 0 Å². The molecule has 4 fully saturated rings. The van der Waals surface area contributed by atoms with E-state index in [1.54, 1.807) is 0 Å². The fraction of sp³-hybridized carbons (Fsp3) is 0.882. The normalized spacial score (nSPS) is 33.5. The molecule has 4 nitrogen and oxygen atoms in total. The number of hydrogen-bond donors (Lipinski definition) is 1. The molecule has 1 atom stereocenters. The molecule has 1 aliphatic heterocycles. The second-order valence-corrected chi connectivity index (χ2v) is 7.56. The molecule has 4 rings (SSSR count). The van der Waals surface area contributed by atoms with Gasteiger partial charge < -0.3 is 10.2 Å². The standard InChI is InChI=1S/C17H26N2O2/c20-15-14(12-8-9-12)19(13-6-2-1-3-7-13)16(21)17(18-15)10-4-5-11-17/h12-14H,1-11H2,(H,18,20). The summed E-state index contributed by atoms with van der Waals surface area (Å²) in [7, 11) is 0. The van der Waals surface area contributed by atoms with E-state index in [1.165, 1.54) is 19.3 Å². The molecule has 0 radical (unpaired) electrons. The number of carbonyl (C=O) groups is 2. The Morgan fingerprint density at radius 2 is 1.57 bits per heavy atom. The van der Waals surface area contributed by atoms with E-state index in [9.17, 15) is 9.59 Å². The molecular formula is C17H26N2O2. The van der Waals surface area contributed by atoms with Crippen LogP contribution in [0.25, 0.3) is 0 Å². The van der Waals surface area contributed by atoms with Crippen LogP contribution in [0.15, 0.2) is 0 Å². The van der Waals surface area contributed by atoms with Crippen molar-refractivity contribution in [2.45, 2.75) is 88.3 Å². The van der Waals surface area contributed by atoms with E-state index in [0.29, 0.717) is 12.0 Å². The highest BCUT2D eigenvalue weighted by Gasteiger charge is 2.56. The van der Waals surface area contributed by atoms with Crippen LogP contribution in [-0.4, -0.2) is 34.3 Å². The van der Waals surface area contributed by atoms with E-state index in [4.69, 9.17) is 0 Å². The number of nitrogens with zero attached hydrogens (tertiary/aromatic N) is 1. The number of carbonyl (C=O) groups excluding carboxylic acids is 2. The molecule has 21 heavy (non-hydrogen) atoms. The fourth-order valence-corrected chi connectivity index (χ4v) is 4.79. The summed E-state index contributed by atoms with van der Waals surface area (Å²) in [5.41, 5.74) is -0.542.